The summed E-state index contributed by atoms with van der Waals surface area (Å²) in [5, 5.41) is 0. The number of piperidine rings is 1. The average Bonchev–Trinajstić information content (AvgIpc) is 3.21. The van der Waals surface area contributed by atoms with Crippen molar-refractivity contribution >= 4 is 16.9 Å². The third kappa shape index (κ3) is 3.86. The van der Waals surface area contributed by atoms with Crippen molar-refractivity contribution in [3.05, 3.63) is 89.5 Å². The first kappa shape index (κ1) is 21.2. The van der Waals surface area contributed by atoms with Crippen LogP contribution in [0.15, 0.2) is 60.7 Å². The number of fused-ring (bicyclic) bond motifs is 1. The summed E-state index contributed by atoms with van der Waals surface area (Å²) >= 11 is 0. The first-order valence-corrected chi connectivity index (χ1v) is 10.6. The molecule has 1 aliphatic heterocycles. The van der Waals surface area contributed by atoms with Crippen LogP contribution in [0.25, 0.3) is 22.4 Å². The van der Waals surface area contributed by atoms with E-state index < -0.39 is 23.4 Å². The largest absolute Gasteiger partial charge is 0.338 e. The Labute approximate surface area is 187 Å². The highest BCUT2D eigenvalue weighted by Gasteiger charge is 2.28. The normalized spacial score (nSPS) is 14.7. The van der Waals surface area contributed by atoms with Crippen LogP contribution in [0.5, 0.6) is 0 Å². The molecule has 8 heteroatoms. The van der Waals surface area contributed by atoms with Gasteiger partial charge >= 0.3 is 0 Å². The molecular formula is C25H19F4N3O. The summed E-state index contributed by atoms with van der Waals surface area (Å²) in [5.74, 6) is -4.60. The Morgan fingerprint density at radius 3 is 2.21 bits per heavy atom. The van der Waals surface area contributed by atoms with Crippen LogP contribution in [0, 0.1) is 23.3 Å². The van der Waals surface area contributed by atoms with Gasteiger partial charge in [-0.25, -0.2) is 22.5 Å². The van der Waals surface area contributed by atoms with E-state index in [1.807, 2.05) is 34.9 Å². The Kier molecular flexibility index (Phi) is 5.36. The molecule has 1 aliphatic rings. The van der Waals surface area contributed by atoms with Gasteiger partial charge in [-0.05, 0) is 43.2 Å². The maximum Gasteiger partial charge on any atom is 0.254 e. The number of carbonyl (C=O) groups excluding carboxylic acids is 1. The summed E-state index contributed by atoms with van der Waals surface area (Å²) in [4.78, 5) is 19.0. The number of benzene rings is 3. The molecule has 0 unspecified atom stereocenters. The lowest BCUT2D eigenvalue weighted by atomic mass is 10.0. The van der Waals surface area contributed by atoms with E-state index in [-0.39, 0.29) is 17.4 Å². The lowest BCUT2D eigenvalue weighted by molar-refractivity contribution is 0.0695. The smallest absolute Gasteiger partial charge is 0.254 e. The van der Waals surface area contributed by atoms with Crippen LogP contribution in [0.1, 0.15) is 29.2 Å². The minimum atomic E-state index is -1.60. The van der Waals surface area contributed by atoms with E-state index in [0.717, 1.165) is 5.56 Å². The van der Waals surface area contributed by atoms with Crippen molar-refractivity contribution in [2.75, 3.05) is 13.1 Å². The molecule has 0 radical (unpaired) electrons. The second-order valence-electron chi connectivity index (χ2n) is 8.08. The first-order valence-electron chi connectivity index (χ1n) is 10.6. The van der Waals surface area contributed by atoms with Gasteiger partial charge < -0.3 is 9.47 Å². The van der Waals surface area contributed by atoms with Gasteiger partial charge in [0.25, 0.3) is 5.91 Å². The minimum absolute atomic E-state index is 0.0576. The molecule has 1 fully saturated rings. The van der Waals surface area contributed by atoms with Crippen molar-refractivity contribution < 1.29 is 22.4 Å². The Morgan fingerprint density at radius 1 is 0.879 bits per heavy atom. The van der Waals surface area contributed by atoms with Gasteiger partial charge in [-0.3, -0.25) is 4.79 Å². The van der Waals surface area contributed by atoms with E-state index in [0.29, 0.717) is 54.9 Å². The van der Waals surface area contributed by atoms with Crippen LogP contribution < -0.4 is 0 Å². The summed E-state index contributed by atoms with van der Waals surface area (Å²) in [6, 6.07) is 15.4. The fourth-order valence-electron chi connectivity index (χ4n) is 4.42. The highest BCUT2D eigenvalue weighted by molar-refractivity contribution is 5.94. The number of hydrogen-bond acceptors (Lipinski definition) is 2. The lowest BCUT2D eigenvalue weighted by Gasteiger charge is -2.33. The number of rotatable bonds is 3. The second kappa shape index (κ2) is 8.35. The number of amides is 1. The van der Waals surface area contributed by atoms with Gasteiger partial charge in [0.15, 0.2) is 17.5 Å². The maximum atomic E-state index is 14.1. The third-order valence-corrected chi connectivity index (χ3v) is 6.03. The van der Waals surface area contributed by atoms with Crippen LogP contribution in [-0.2, 0) is 0 Å². The Balaban J connectivity index is 1.44. The van der Waals surface area contributed by atoms with Crippen molar-refractivity contribution in [1.29, 1.82) is 0 Å². The topological polar surface area (TPSA) is 38.1 Å². The van der Waals surface area contributed by atoms with E-state index in [9.17, 15) is 22.4 Å². The summed E-state index contributed by atoms with van der Waals surface area (Å²) < 4.78 is 56.5. The second-order valence-corrected chi connectivity index (χ2v) is 8.08. The molecule has 4 aromatic rings. The van der Waals surface area contributed by atoms with E-state index in [2.05, 4.69) is 0 Å². The molecule has 0 saturated carbocycles. The number of imidazole rings is 1. The van der Waals surface area contributed by atoms with Crippen molar-refractivity contribution in [2.45, 2.75) is 18.9 Å². The zero-order chi connectivity index (χ0) is 23.1. The predicted molar refractivity (Wildman–Crippen MR) is 116 cm³/mol. The molecule has 33 heavy (non-hydrogen) atoms. The molecule has 0 aliphatic carbocycles. The summed E-state index contributed by atoms with van der Waals surface area (Å²) in [6.45, 7) is 0.653. The van der Waals surface area contributed by atoms with Crippen LogP contribution in [0.3, 0.4) is 0 Å². The van der Waals surface area contributed by atoms with Gasteiger partial charge in [-0.2, -0.15) is 0 Å². The zero-order valence-corrected chi connectivity index (χ0v) is 17.4. The number of aromatic nitrogens is 2. The molecule has 1 aromatic heterocycles. The minimum Gasteiger partial charge on any atom is -0.338 e. The molecule has 0 atom stereocenters. The predicted octanol–water partition coefficient (Wildman–Crippen LogP) is 5.74. The van der Waals surface area contributed by atoms with E-state index in [1.165, 1.54) is 17.0 Å². The monoisotopic (exact) mass is 453 g/mol. The van der Waals surface area contributed by atoms with Crippen molar-refractivity contribution in [2.24, 2.45) is 0 Å². The Bertz CT molecular complexity index is 1320. The number of halogens is 4. The molecule has 4 nitrogen and oxygen atoms in total. The third-order valence-electron chi connectivity index (χ3n) is 6.03. The fraction of sp³-hybridized carbons (Fsp3) is 0.200. The van der Waals surface area contributed by atoms with Gasteiger partial charge in [0.2, 0.25) is 0 Å². The number of carbonyl (C=O) groups is 1. The van der Waals surface area contributed by atoms with E-state index in [1.54, 1.807) is 6.07 Å². The van der Waals surface area contributed by atoms with Crippen LogP contribution in [-0.4, -0.2) is 33.4 Å². The highest BCUT2D eigenvalue weighted by atomic mass is 19.2. The van der Waals surface area contributed by atoms with Gasteiger partial charge in [-0.15, -0.1) is 0 Å². The quantitative estimate of drug-likeness (QED) is 0.293. The summed E-state index contributed by atoms with van der Waals surface area (Å²) in [5.41, 5.74) is 2.00. The van der Waals surface area contributed by atoms with Gasteiger partial charge in [0.1, 0.15) is 11.6 Å². The molecule has 5 rings (SSSR count). The lowest BCUT2D eigenvalue weighted by Crippen LogP contribution is -2.39. The molecule has 0 N–H and O–H groups in total. The van der Waals surface area contributed by atoms with Gasteiger partial charge in [0.05, 0.1) is 11.0 Å². The Morgan fingerprint density at radius 2 is 1.55 bits per heavy atom. The maximum absolute atomic E-state index is 14.1. The van der Waals surface area contributed by atoms with Crippen molar-refractivity contribution in [3.8, 4) is 11.4 Å². The number of nitrogens with zero attached hydrogens (tertiary/aromatic N) is 3. The standard InChI is InChI=1S/C25H19F4N3O/c26-17-6-7-21-22(14-17)32(24(30-21)15-4-2-1-3-5-15)18-8-10-31(11-9-18)25(33)16-12-19(27)23(29)20(28)13-16/h1-7,12-14,18H,8-11H2. The van der Waals surface area contributed by atoms with Crippen LogP contribution in [0.2, 0.25) is 0 Å². The first-order chi connectivity index (χ1) is 15.9. The van der Waals surface area contributed by atoms with Gasteiger partial charge in [0, 0.05) is 30.3 Å². The molecule has 168 valence electrons. The molecular weight excluding hydrogens is 434 g/mol. The SMILES string of the molecule is O=C(c1cc(F)c(F)c(F)c1)N1CCC(n2c(-c3ccccc3)nc3ccc(F)cc32)CC1. The molecule has 1 saturated heterocycles. The zero-order valence-electron chi connectivity index (χ0n) is 17.4. The van der Waals surface area contributed by atoms with Gasteiger partial charge in [-0.1, -0.05) is 30.3 Å². The van der Waals surface area contributed by atoms with Crippen LogP contribution in [0.4, 0.5) is 17.6 Å². The number of hydrogen-bond donors (Lipinski definition) is 0. The van der Waals surface area contributed by atoms with E-state index in [4.69, 9.17) is 4.98 Å². The number of likely N-dealkylation sites (tertiary alicyclic amines) is 1. The summed E-state index contributed by atoms with van der Waals surface area (Å²) in [7, 11) is 0. The van der Waals surface area contributed by atoms with Crippen LogP contribution >= 0.6 is 0 Å². The highest BCUT2D eigenvalue weighted by Crippen LogP contribution is 2.34. The Hall–Kier alpha value is -3.68. The molecule has 0 spiro atoms. The summed E-state index contributed by atoms with van der Waals surface area (Å²) in [6.07, 6.45) is 1.08. The molecule has 2 heterocycles. The fourth-order valence-corrected chi connectivity index (χ4v) is 4.42. The van der Waals surface area contributed by atoms with Crippen molar-refractivity contribution in [3.63, 3.8) is 0 Å². The molecule has 0 bridgehead atoms. The average molecular weight is 453 g/mol. The molecule has 1 amide bonds. The van der Waals surface area contributed by atoms with Crippen molar-refractivity contribution in [1.82, 2.24) is 14.5 Å². The van der Waals surface area contributed by atoms with E-state index >= 15 is 0 Å². The molecule has 3 aromatic carbocycles.